The van der Waals surface area contributed by atoms with Crippen molar-refractivity contribution >= 4 is 83.7 Å². The molecule has 40 heteroatoms. The molecule has 0 rings (SSSR count). The van der Waals surface area contributed by atoms with Crippen LogP contribution in [0.4, 0.5) is 9.59 Å². The summed E-state index contributed by atoms with van der Waals surface area (Å²) in [6, 6.07) is 0. The topological polar surface area (TPSA) is 802 Å². The van der Waals surface area contributed by atoms with E-state index in [4.69, 9.17) is 120 Å². The number of halogens is 1. The van der Waals surface area contributed by atoms with E-state index in [1.165, 1.54) is 10.8 Å². The van der Waals surface area contributed by atoms with Gasteiger partial charge in [0, 0.05) is 24.3 Å². The fraction of sp³-hybridized carbons (Fsp3) is 0. The molecule has 0 heterocycles. The van der Waals surface area contributed by atoms with Gasteiger partial charge in [0.1, 0.15) is 10.8 Å². The second-order valence-electron chi connectivity index (χ2n) is 1.58. The molecule has 0 saturated heterocycles. The standard InChI is InChI=1S/CH4N2O3.2CHNS.2CHN.6CN.CH2O3.ClH.Fe.H5N3.H4N2.7H3N.H2O3S2.H2S/c2-5-1(4)6-3;2*2-1-3;8*1-2;2-1(3)4;;;1-3-2;1-2;;;;;;;;1-5(2,3)4;/h2-3H2;2*3H;2*1H;;;;;;;(H2,2,3,4);1H;;3H,1-2H2;1-2H2;7*1H3;(H2,1,2,3,4);1H2/q;;;;;6*-1;;;+6;;;;;;;;;;;. The first-order valence-electron chi connectivity index (χ1n) is 6.10. The molecule has 52 heavy (non-hydrogen) atoms. The van der Waals surface area contributed by atoms with Crippen LogP contribution in [0.25, 0.3) is 0 Å². The summed E-state index contributed by atoms with van der Waals surface area (Å²) in [5.41, 5.74) is 1.75. The fourth-order valence-electron chi connectivity index (χ4n) is 0.0278. The van der Waals surface area contributed by atoms with Crippen LogP contribution in [0.2, 0.25) is 0 Å². The van der Waals surface area contributed by atoms with Gasteiger partial charge in [0.05, 0.1) is 0 Å². The summed E-state index contributed by atoms with van der Waals surface area (Å²) < 4.78 is 24.0. The van der Waals surface area contributed by atoms with E-state index >= 15 is 0 Å². The number of hydrogen-bond donors (Lipinski definition) is 20. The molecule has 0 aliphatic heterocycles. The maximum atomic E-state index is 9.49. The predicted octanol–water partition coefficient (Wildman–Crippen LogP) is -0.751. The van der Waals surface area contributed by atoms with Crippen LogP contribution in [-0.4, -0.2) is 35.8 Å². The summed E-state index contributed by atoms with van der Waals surface area (Å²) in [6.07, 6.45) is -2.94. The van der Waals surface area contributed by atoms with E-state index in [2.05, 4.69) is 94.4 Å². The summed E-state index contributed by atoms with van der Waals surface area (Å²) in [6.45, 7) is 35.5. The van der Waals surface area contributed by atoms with Gasteiger partial charge in [-0.2, -0.15) is 50.4 Å². The molecule has 0 spiro atoms. The molecule has 33 nitrogen and oxygen atoms in total. The Morgan fingerprint density at radius 1 is 0.673 bits per heavy atom. The largest absolute Gasteiger partial charge is 6.00 e. The molecule has 0 radical (unpaired) electrons. The van der Waals surface area contributed by atoms with Crippen molar-refractivity contribution < 1.29 is 59.9 Å². The number of rotatable bonds is 0. The average Bonchev–Trinajstić information content (AvgIpc) is 3.02. The smallest absolute Gasteiger partial charge is 0.512 e. The Hall–Kier alpha value is -4.97. The summed E-state index contributed by atoms with van der Waals surface area (Å²) in [5, 5.41) is 81.7. The molecule has 0 aliphatic rings. The van der Waals surface area contributed by atoms with Gasteiger partial charge in [0.15, 0.2) is 0 Å². The second kappa shape index (κ2) is 645. The number of nitrogens with two attached hydrogens (primary N) is 6. The van der Waals surface area contributed by atoms with Crippen LogP contribution in [0, 0.1) is 116 Å². The first-order valence-corrected chi connectivity index (χ1v) is 9.39. The van der Waals surface area contributed by atoms with E-state index < -0.39 is 21.4 Å². The van der Waals surface area contributed by atoms with Gasteiger partial charge in [-0.1, -0.05) is 25.3 Å². The molecule has 0 aromatic heterocycles. The molecule has 0 atom stereocenters. The van der Waals surface area contributed by atoms with E-state index in [0.717, 1.165) is 0 Å². The van der Waals surface area contributed by atoms with Gasteiger partial charge in [-0.3, -0.25) is 32.5 Å². The van der Waals surface area contributed by atoms with Crippen LogP contribution in [-0.2, 0) is 47.0 Å². The van der Waals surface area contributed by atoms with Gasteiger partial charge >= 0.3 is 29.4 Å². The van der Waals surface area contributed by atoms with Crippen molar-refractivity contribution in [3.8, 4) is 23.9 Å². The minimum absolute atomic E-state index is 0. The van der Waals surface area contributed by atoms with Crippen molar-refractivity contribution in [1.82, 2.24) is 48.6 Å². The van der Waals surface area contributed by atoms with E-state index in [9.17, 15) is 4.79 Å². The molecule has 0 aromatic carbocycles. The first-order chi connectivity index (χ1) is 19.8. The molecule has 312 valence electrons. The number of thiocyanates is 2. The van der Waals surface area contributed by atoms with Crippen molar-refractivity contribution in [1.29, 1.82) is 52.6 Å². The van der Waals surface area contributed by atoms with Crippen LogP contribution in [0.1, 0.15) is 0 Å². The summed E-state index contributed by atoms with van der Waals surface area (Å²) in [4.78, 5) is 24.9. The zero-order valence-electron chi connectivity index (χ0n) is 26.3. The first kappa shape index (κ1) is 205. The monoisotopic (exact) mass is 920 g/mol. The molecule has 0 aliphatic carbocycles. The molecule has 0 aromatic rings. The number of hydrazine groups is 3. The van der Waals surface area contributed by atoms with Crippen LogP contribution in [0.15, 0.2) is 0 Å². The summed E-state index contributed by atoms with van der Waals surface area (Å²) in [5.74, 6) is 25.2. The number of carbonyl (C=O) groups is 2. The zero-order valence-corrected chi connectivity index (χ0v) is 32.7. The van der Waals surface area contributed by atoms with Crippen molar-refractivity contribution in [3.05, 3.63) is 39.4 Å². The summed E-state index contributed by atoms with van der Waals surface area (Å²) in [7, 11) is -3.83. The Labute approximate surface area is 341 Å². The minimum Gasteiger partial charge on any atom is -0.512 e. The third-order valence-electron chi connectivity index (χ3n) is 0.192. The average molecular weight is 921 g/mol. The number of hydrogen-bond acceptors (Lipinski definition) is 32. The van der Waals surface area contributed by atoms with Gasteiger partial charge in [-0.15, -0.1) is 12.4 Å². The molecular weight excluding hydrogens is 876 g/mol. The SMILES string of the molecule is C#N.C#N.Cl.N.N.N.N.N.N.N.N#CS.N#CS.NN.NNN.NOC(=O)ON.O=C(O)O.O=S(O)(O)=S.S.[C-]#N.[C-]#N.[C-]#N.[C-]#N.[C-]#N.[C-]#N.[Fe+6]. The van der Waals surface area contributed by atoms with Gasteiger partial charge < -0.3 is 134 Å². The fourth-order valence-corrected chi connectivity index (χ4v) is 0.0278. The predicted molar refractivity (Wildman–Crippen MR) is 192 cm³/mol. The Balaban J connectivity index is -0.00000000656. The van der Waals surface area contributed by atoms with Crippen molar-refractivity contribution in [2.45, 2.75) is 0 Å². The number of carboxylic acid groups (broad SMARTS) is 2. The number of nitrogens with one attached hydrogen (secondary N) is 1. The number of nitrogens with zero attached hydrogens (tertiary/aromatic N) is 10. The van der Waals surface area contributed by atoms with Crippen molar-refractivity contribution in [2.75, 3.05) is 0 Å². The van der Waals surface area contributed by atoms with E-state index in [0.29, 0.717) is 0 Å². The number of nitriles is 4. The Morgan fingerprint density at radius 2 is 0.712 bits per heavy atom. The van der Waals surface area contributed by atoms with Gasteiger partial charge in [0.2, 0.25) is 0 Å². The van der Waals surface area contributed by atoms with Crippen molar-refractivity contribution in [2.24, 2.45) is 35.2 Å². The molecule has 0 fully saturated rings. The van der Waals surface area contributed by atoms with Crippen LogP contribution in [0.5, 0.6) is 0 Å². The van der Waals surface area contributed by atoms with E-state index in [1.807, 2.05) is 0 Å². The number of thiol groups is 2. The molecule has 38 N–H and O–H groups in total. The molecule has 0 unspecified atom stereocenters. The van der Waals surface area contributed by atoms with Crippen LogP contribution in [0.3, 0.4) is 0 Å². The minimum atomic E-state index is -3.83. The molecular formula is C12H45ClFeN24O9S5. The maximum Gasteiger partial charge on any atom is 6.00 e. The molecule has 0 amide bonds. The molecule has 0 saturated carbocycles. The van der Waals surface area contributed by atoms with Gasteiger partial charge in [0.25, 0.3) is 9.05 Å². The normalized spacial score (nSPS) is 3.46. The van der Waals surface area contributed by atoms with Crippen LogP contribution < -0.4 is 83.8 Å². The zero-order chi connectivity index (χ0) is 39.2. The van der Waals surface area contributed by atoms with E-state index in [-0.39, 0.29) is 86.0 Å². The second-order valence-corrected chi connectivity index (χ2v) is 4.18. The van der Waals surface area contributed by atoms with Gasteiger partial charge in [-0.05, 0) is 0 Å². The Morgan fingerprint density at radius 3 is 0.712 bits per heavy atom. The quantitative estimate of drug-likeness (QED) is 0.0355. The summed E-state index contributed by atoms with van der Waals surface area (Å²) >= 11 is 9.65. The maximum absolute atomic E-state index is 9.49. The van der Waals surface area contributed by atoms with Crippen molar-refractivity contribution in [3.63, 3.8) is 0 Å². The number of carbonyl (C=O) groups excluding carboxylic acids is 1. The van der Waals surface area contributed by atoms with Crippen LogP contribution >= 0.6 is 51.2 Å². The van der Waals surface area contributed by atoms with Gasteiger partial charge in [-0.25, -0.2) is 15.3 Å². The Kier molecular flexibility index (Phi) is 2550. The third kappa shape index (κ3) is 92700. The molecule has 0 bridgehead atoms. The van der Waals surface area contributed by atoms with E-state index in [1.54, 1.807) is 5.53 Å². The Bertz CT molecular complexity index is 708. The third-order valence-corrected chi connectivity index (χ3v) is 0.192.